The average Bonchev–Trinajstić information content (AvgIpc) is 2.55. The van der Waals surface area contributed by atoms with Crippen LogP contribution in [0.5, 0.6) is 0 Å². The van der Waals surface area contributed by atoms with Gasteiger partial charge in [-0.05, 0) is 35.9 Å². The SMILES string of the molecule is NC(=N/C=C/c1ccc([N+](=O)[O-])cc1)c1ccc([N+](=O)[O-])cc1. The lowest BCUT2D eigenvalue weighted by Gasteiger charge is -1.98. The fraction of sp³-hybridized carbons (Fsp3) is 0. The molecule has 0 aromatic heterocycles. The molecule has 0 radical (unpaired) electrons. The number of amidine groups is 1. The van der Waals surface area contributed by atoms with Gasteiger partial charge in [-0.15, -0.1) is 0 Å². The van der Waals surface area contributed by atoms with Crippen molar-refractivity contribution in [2.75, 3.05) is 0 Å². The quantitative estimate of drug-likeness (QED) is 0.393. The highest BCUT2D eigenvalue weighted by molar-refractivity contribution is 5.98. The lowest BCUT2D eigenvalue weighted by molar-refractivity contribution is -0.385. The van der Waals surface area contributed by atoms with E-state index in [1.165, 1.54) is 42.6 Å². The number of nitrogens with zero attached hydrogens (tertiary/aromatic N) is 3. The Kier molecular flexibility index (Phi) is 4.78. The molecule has 0 heterocycles. The summed E-state index contributed by atoms with van der Waals surface area (Å²) in [6.07, 6.45) is 3.10. The third-order valence-corrected chi connectivity index (χ3v) is 2.96. The Morgan fingerprint density at radius 1 is 0.913 bits per heavy atom. The Labute approximate surface area is 130 Å². The monoisotopic (exact) mass is 312 g/mol. The normalized spacial score (nSPS) is 11.6. The average molecular weight is 312 g/mol. The van der Waals surface area contributed by atoms with Gasteiger partial charge in [-0.1, -0.05) is 0 Å². The number of nitro benzene ring substituents is 2. The van der Waals surface area contributed by atoms with E-state index in [2.05, 4.69) is 4.99 Å². The molecule has 0 spiro atoms. The Morgan fingerprint density at radius 3 is 1.87 bits per heavy atom. The van der Waals surface area contributed by atoms with E-state index in [0.29, 0.717) is 5.56 Å². The van der Waals surface area contributed by atoms with Gasteiger partial charge in [-0.2, -0.15) is 0 Å². The molecule has 0 aliphatic rings. The van der Waals surface area contributed by atoms with Crippen LogP contribution in [0.25, 0.3) is 6.08 Å². The van der Waals surface area contributed by atoms with Crippen LogP contribution < -0.4 is 5.73 Å². The summed E-state index contributed by atoms with van der Waals surface area (Å²) in [5.41, 5.74) is 7.07. The second-order valence-corrected chi connectivity index (χ2v) is 4.48. The minimum atomic E-state index is -0.494. The largest absolute Gasteiger partial charge is 0.383 e. The molecule has 0 amide bonds. The molecule has 2 rings (SSSR count). The predicted molar refractivity (Wildman–Crippen MR) is 86.0 cm³/mol. The van der Waals surface area contributed by atoms with Crippen LogP contribution in [0.15, 0.2) is 59.7 Å². The molecule has 0 saturated carbocycles. The van der Waals surface area contributed by atoms with E-state index in [1.807, 2.05) is 0 Å². The minimum Gasteiger partial charge on any atom is -0.383 e. The first-order valence-corrected chi connectivity index (χ1v) is 6.46. The van der Waals surface area contributed by atoms with Gasteiger partial charge >= 0.3 is 0 Å². The summed E-state index contributed by atoms with van der Waals surface area (Å²) in [4.78, 5) is 24.2. The third-order valence-electron chi connectivity index (χ3n) is 2.96. The van der Waals surface area contributed by atoms with Crippen molar-refractivity contribution in [3.8, 4) is 0 Å². The molecule has 2 N–H and O–H groups in total. The van der Waals surface area contributed by atoms with Crippen molar-refractivity contribution >= 4 is 23.3 Å². The number of nitro groups is 2. The van der Waals surface area contributed by atoms with Gasteiger partial charge < -0.3 is 5.73 Å². The first-order valence-electron chi connectivity index (χ1n) is 6.46. The van der Waals surface area contributed by atoms with Gasteiger partial charge in [0, 0.05) is 36.0 Å². The fourth-order valence-electron chi connectivity index (χ4n) is 1.74. The Bertz CT molecular complexity index is 780. The van der Waals surface area contributed by atoms with Crippen LogP contribution in [0.4, 0.5) is 11.4 Å². The number of nitrogens with two attached hydrogens (primary N) is 1. The van der Waals surface area contributed by atoms with Crippen LogP contribution in [0.3, 0.4) is 0 Å². The van der Waals surface area contributed by atoms with Crippen molar-refractivity contribution in [2.45, 2.75) is 0 Å². The molecule has 116 valence electrons. The van der Waals surface area contributed by atoms with E-state index < -0.39 is 9.85 Å². The van der Waals surface area contributed by atoms with Crippen molar-refractivity contribution in [3.05, 3.63) is 86.1 Å². The van der Waals surface area contributed by atoms with Crippen LogP contribution in [0.1, 0.15) is 11.1 Å². The molecular formula is C15H12N4O4. The number of non-ortho nitro benzene ring substituents is 2. The lowest BCUT2D eigenvalue weighted by Crippen LogP contribution is -2.12. The maximum absolute atomic E-state index is 10.6. The topological polar surface area (TPSA) is 125 Å². The molecule has 0 aliphatic heterocycles. The number of hydrogen-bond acceptors (Lipinski definition) is 5. The molecule has 2 aromatic rings. The van der Waals surface area contributed by atoms with Crippen molar-refractivity contribution < 1.29 is 9.85 Å². The van der Waals surface area contributed by atoms with Crippen LogP contribution in [-0.2, 0) is 0 Å². The number of rotatable bonds is 5. The Hall–Kier alpha value is -3.55. The molecule has 23 heavy (non-hydrogen) atoms. The minimum absolute atomic E-state index is 0.0102. The molecule has 0 aliphatic carbocycles. The zero-order chi connectivity index (χ0) is 16.8. The Morgan fingerprint density at radius 2 is 1.39 bits per heavy atom. The maximum Gasteiger partial charge on any atom is 0.269 e. The van der Waals surface area contributed by atoms with Gasteiger partial charge in [0.25, 0.3) is 11.4 Å². The van der Waals surface area contributed by atoms with Crippen LogP contribution in [-0.4, -0.2) is 15.7 Å². The molecule has 0 saturated heterocycles. The van der Waals surface area contributed by atoms with E-state index in [-0.39, 0.29) is 17.2 Å². The van der Waals surface area contributed by atoms with Gasteiger partial charge in [0.05, 0.1) is 9.85 Å². The lowest BCUT2D eigenvalue weighted by atomic mass is 10.2. The highest BCUT2D eigenvalue weighted by atomic mass is 16.6. The second kappa shape index (κ2) is 6.94. The van der Waals surface area contributed by atoms with E-state index in [1.54, 1.807) is 18.2 Å². The number of aliphatic imine (C=N–C) groups is 1. The van der Waals surface area contributed by atoms with Gasteiger partial charge in [0.1, 0.15) is 5.84 Å². The number of benzene rings is 2. The van der Waals surface area contributed by atoms with Gasteiger partial charge in [0.15, 0.2) is 0 Å². The fourth-order valence-corrected chi connectivity index (χ4v) is 1.74. The van der Waals surface area contributed by atoms with Crippen molar-refractivity contribution in [1.82, 2.24) is 0 Å². The third kappa shape index (κ3) is 4.21. The molecule has 8 nitrogen and oxygen atoms in total. The second-order valence-electron chi connectivity index (χ2n) is 4.48. The van der Waals surface area contributed by atoms with Gasteiger partial charge in [-0.25, -0.2) is 4.99 Å². The molecule has 0 bridgehead atoms. The molecule has 0 fully saturated rings. The van der Waals surface area contributed by atoms with E-state index in [0.717, 1.165) is 5.56 Å². The number of hydrogen-bond donors (Lipinski definition) is 1. The van der Waals surface area contributed by atoms with Crippen molar-refractivity contribution in [2.24, 2.45) is 10.7 Å². The highest BCUT2D eigenvalue weighted by Gasteiger charge is 2.05. The molecule has 0 atom stereocenters. The van der Waals surface area contributed by atoms with Crippen molar-refractivity contribution in [3.63, 3.8) is 0 Å². The molecule has 2 aromatic carbocycles. The predicted octanol–water partition coefficient (Wildman–Crippen LogP) is 2.88. The smallest absolute Gasteiger partial charge is 0.269 e. The van der Waals surface area contributed by atoms with E-state index in [9.17, 15) is 20.2 Å². The van der Waals surface area contributed by atoms with Gasteiger partial charge in [0.2, 0.25) is 0 Å². The summed E-state index contributed by atoms with van der Waals surface area (Å²) in [5, 5.41) is 21.1. The van der Waals surface area contributed by atoms with E-state index in [4.69, 9.17) is 5.73 Å². The first-order chi connectivity index (χ1) is 11.0. The summed E-state index contributed by atoms with van der Waals surface area (Å²) in [5.74, 6) is 0.207. The highest BCUT2D eigenvalue weighted by Crippen LogP contribution is 2.13. The van der Waals surface area contributed by atoms with Crippen molar-refractivity contribution in [1.29, 1.82) is 0 Å². The Balaban J connectivity index is 2.08. The standard InChI is InChI=1S/C15H12N4O4/c16-15(12-3-7-14(8-4-12)19(22)23)17-10-9-11-1-5-13(6-2-11)18(20)21/h1-10H,(H2,16,17)/b10-9+. The van der Waals surface area contributed by atoms with E-state index >= 15 is 0 Å². The van der Waals surface area contributed by atoms with Gasteiger partial charge in [-0.3, -0.25) is 20.2 Å². The molecular weight excluding hydrogens is 300 g/mol. The van der Waals surface area contributed by atoms with Crippen LogP contribution in [0, 0.1) is 20.2 Å². The van der Waals surface area contributed by atoms with Crippen LogP contribution in [0.2, 0.25) is 0 Å². The summed E-state index contributed by atoms with van der Waals surface area (Å²) < 4.78 is 0. The summed E-state index contributed by atoms with van der Waals surface area (Å²) in [6, 6.07) is 11.7. The zero-order valence-electron chi connectivity index (χ0n) is 11.8. The summed E-state index contributed by atoms with van der Waals surface area (Å²) >= 11 is 0. The zero-order valence-corrected chi connectivity index (χ0v) is 11.8. The maximum atomic E-state index is 10.6. The molecule has 0 unspecified atom stereocenters. The van der Waals surface area contributed by atoms with Crippen LogP contribution >= 0.6 is 0 Å². The summed E-state index contributed by atoms with van der Waals surface area (Å²) in [7, 11) is 0. The summed E-state index contributed by atoms with van der Waals surface area (Å²) in [6.45, 7) is 0. The first kappa shape index (κ1) is 15.8. The molecule has 8 heteroatoms.